The monoisotopic (exact) mass is 394 g/mol. The fraction of sp³-hybridized carbons (Fsp3) is 0.478. The second kappa shape index (κ2) is 10.4. The van der Waals surface area contributed by atoms with Gasteiger partial charge in [-0.2, -0.15) is 5.26 Å². The first-order chi connectivity index (χ1) is 14.2. The number of likely N-dealkylation sites (N-methyl/N-ethyl adjacent to an activating group) is 1. The van der Waals surface area contributed by atoms with E-state index >= 15 is 0 Å². The minimum Gasteiger partial charge on any atom is -0.356 e. The normalized spacial score (nSPS) is 22.2. The third kappa shape index (κ3) is 5.77. The lowest BCUT2D eigenvalue weighted by molar-refractivity contribution is -0.131. The Balaban J connectivity index is 1.39. The molecule has 1 N–H and O–H groups in total. The van der Waals surface area contributed by atoms with Gasteiger partial charge in [-0.1, -0.05) is 42.5 Å². The fourth-order valence-corrected chi connectivity index (χ4v) is 3.72. The van der Waals surface area contributed by atoms with Crippen LogP contribution in [0, 0.1) is 11.3 Å². The van der Waals surface area contributed by atoms with Crippen molar-refractivity contribution in [2.24, 2.45) is 0 Å². The van der Waals surface area contributed by atoms with E-state index < -0.39 is 5.60 Å². The van der Waals surface area contributed by atoms with Gasteiger partial charge in [0.2, 0.25) is 5.91 Å². The molecule has 154 valence electrons. The number of benzene rings is 1. The predicted molar refractivity (Wildman–Crippen MR) is 114 cm³/mol. The molecule has 29 heavy (non-hydrogen) atoms. The number of allylic oxidation sites excluding steroid dienone is 2. The van der Waals surface area contributed by atoms with E-state index in [0.29, 0.717) is 19.6 Å². The average Bonchev–Trinajstić information content (AvgIpc) is 2.78. The fourth-order valence-electron chi connectivity index (χ4n) is 3.72. The summed E-state index contributed by atoms with van der Waals surface area (Å²) in [6, 6.07) is 12.5. The summed E-state index contributed by atoms with van der Waals surface area (Å²) in [6.07, 6.45) is 7.40. The molecule has 6 heteroatoms. The molecule has 0 spiro atoms. The number of rotatable bonds is 8. The molecule has 1 heterocycles. The quantitative estimate of drug-likeness (QED) is 0.684. The number of ether oxygens (including phenoxy) is 1. The maximum absolute atomic E-state index is 11.9. The van der Waals surface area contributed by atoms with E-state index in [-0.39, 0.29) is 5.91 Å². The number of hydrogen-bond acceptors (Lipinski definition) is 5. The van der Waals surface area contributed by atoms with E-state index in [0.717, 1.165) is 50.3 Å². The standard InChI is InChI=1S/C23H30N4O2/c1-25-18-22(28)27-15-13-26(14-16-27)12-5-17-29-23(19-24)10-8-21(9-11-23)20-6-3-2-4-7-20/h2-4,6-10,25H,5,11-18H2,1H3. The molecule has 0 radical (unpaired) electrons. The summed E-state index contributed by atoms with van der Waals surface area (Å²) in [5.41, 5.74) is 1.42. The first-order valence-electron chi connectivity index (χ1n) is 10.3. The van der Waals surface area contributed by atoms with Crippen LogP contribution in [0.3, 0.4) is 0 Å². The Morgan fingerprint density at radius 3 is 2.62 bits per heavy atom. The van der Waals surface area contributed by atoms with Crippen LogP contribution in [0.1, 0.15) is 18.4 Å². The van der Waals surface area contributed by atoms with E-state index in [1.807, 2.05) is 35.3 Å². The number of nitrogens with one attached hydrogen (secondary N) is 1. The van der Waals surface area contributed by atoms with E-state index in [2.05, 4.69) is 34.5 Å². The van der Waals surface area contributed by atoms with Crippen LogP contribution in [0.15, 0.2) is 48.6 Å². The van der Waals surface area contributed by atoms with Crippen molar-refractivity contribution in [2.45, 2.75) is 18.4 Å². The molecule has 3 rings (SSSR count). The van der Waals surface area contributed by atoms with Crippen LogP contribution in [0.2, 0.25) is 0 Å². The Morgan fingerprint density at radius 2 is 2.00 bits per heavy atom. The smallest absolute Gasteiger partial charge is 0.236 e. The van der Waals surface area contributed by atoms with Crippen molar-refractivity contribution in [3.8, 4) is 6.07 Å². The second-order valence-corrected chi connectivity index (χ2v) is 7.52. The summed E-state index contributed by atoms with van der Waals surface area (Å²) < 4.78 is 5.99. The third-order valence-corrected chi connectivity index (χ3v) is 5.49. The first-order valence-corrected chi connectivity index (χ1v) is 10.3. The first kappa shape index (κ1) is 21.3. The van der Waals surface area contributed by atoms with E-state index in [9.17, 15) is 10.1 Å². The topological polar surface area (TPSA) is 68.6 Å². The van der Waals surface area contributed by atoms with Gasteiger partial charge in [0.15, 0.2) is 5.60 Å². The molecule has 6 nitrogen and oxygen atoms in total. The van der Waals surface area contributed by atoms with Gasteiger partial charge in [-0.05, 0) is 30.7 Å². The summed E-state index contributed by atoms with van der Waals surface area (Å²) in [6.45, 7) is 5.20. The molecule has 1 fully saturated rings. The van der Waals surface area contributed by atoms with Crippen LogP contribution in [-0.4, -0.2) is 74.2 Å². The zero-order chi connectivity index (χ0) is 20.5. The number of hydrogen-bond donors (Lipinski definition) is 1. The number of carbonyl (C=O) groups is 1. The predicted octanol–water partition coefficient (Wildman–Crippen LogP) is 2.06. The highest BCUT2D eigenvalue weighted by Gasteiger charge is 2.29. The van der Waals surface area contributed by atoms with Gasteiger partial charge < -0.3 is 15.0 Å². The molecule has 1 aliphatic carbocycles. The molecule has 2 aliphatic rings. The number of carbonyl (C=O) groups excluding carboxylic acids is 1. The lowest BCUT2D eigenvalue weighted by atomic mass is 9.90. The SMILES string of the molecule is CNCC(=O)N1CCN(CCCOC2(C#N)C=CC(c3ccccc3)=CC2)CC1. The molecular weight excluding hydrogens is 364 g/mol. The van der Waals surface area contributed by atoms with E-state index in [1.54, 1.807) is 7.05 Å². The summed E-state index contributed by atoms with van der Waals surface area (Å²) >= 11 is 0. The lowest BCUT2D eigenvalue weighted by Gasteiger charge is -2.35. The van der Waals surface area contributed by atoms with Gasteiger partial charge in [0.1, 0.15) is 6.07 Å². The van der Waals surface area contributed by atoms with Crippen molar-refractivity contribution in [1.82, 2.24) is 15.1 Å². The zero-order valence-corrected chi connectivity index (χ0v) is 17.1. The summed E-state index contributed by atoms with van der Waals surface area (Å²) in [7, 11) is 1.79. The zero-order valence-electron chi connectivity index (χ0n) is 17.1. The molecule has 0 aromatic heterocycles. The molecule has 0 saturated carbocycles. The molecular formula is C23H30N4O2. The molecule has 1 aromatic rings. The molecule has 0 bridgehead atoms. The molecule has 1 amide bonds. The molecule has 1 aliphatic heterocycles. The van der Waals surface area contributed by atoms with Crippen LogP contribution in [-0.2, 0) is 9.53 Å². The van der Waals surface area contributed by atoms with Gasteiger partial charge in [0.05, 0.1) is 13.2 Å². The van der Waals surface area contributed by atoms with Gasteiger partial charge >= 0.3 is 0 Å². The summed E-state index contributed by atoms with van der Waals surface area (Å²) in [5, 5.41) is 12.6. The summed E-state index contributed by atoms with van der Waals surface area (Å²) in [5.74, 6) is 0.165. The molecule has 1 aromatic carbocycles. The molecule has 1 unspecified atom stereocenters. The van der Waals surface area contributed by atoms with Crippen molar-refractivity contribution in [1.29, 1.82) is 5.26 Å². The molecule has 1 saturated heterocycles. The maximum atomic E-state index is 11.9. The Hall–Kier alpha value is -2.46. The van der Waals surface area contributed by atoms with E-state index in [1.165, 1.54) is 0 Å². The highest BCUT2D eigenvalue weighted by Crippen LogP contribution is 2.29. The molecule has 1 atom stereocenters. The van der Waals surface area contributed by atoms with Crippen LogP contribution in [0.4, 0.5) is 0 Å². The average molecular weight is 395 g/mol. The Bertz CT molecular complexity index is 776. The largest absolute Gasteiger partial charge is 0.356 e. The third-order valence-electron chi connectivity index (χ3n) is 5.49. The highest BCUT2D eigenvalue weighted by molar-refractivity contribution is 5.78. The summed E-state index contributed by atoms with van der Waals surface area (Å²) in [4.78, 5) is 16.2. The minimum atomic E-state index is -0.865. The lowest BCUT2D eigenvalue weighted by Crippen LogP contribution is -2.50. The van der Waals surface area contributed by atoms with Crippen molar-refractivity contribution < 1.29 is 9.53 Å². The van der Waals surface area contributed by atoms with Gasteiger partial charge in [-0.3, -0.25) is 9.69 Å². The Labute approximate surface area is 173 Å². The van der Waals surface area contributed by atoms with Crippen LogP contribution in [0.25, 0.3) is 5.57 Å². The van der Waals surface area contributed by atoms with Crippen molar-refractivity contribution in [2.75, 3.05) is 52.9 Å². The van der Waals surface area contributed by atoms with Crippen molar-refractivity contribution in [3.63, 3.8) is 0 Å². The van der Waals surface area contributed by atoms with Gasteiger partial charge in [0, 0.05) is 39.1 Å². The van der Waals surface area contributed by atoms with Gasteiger partial charge in [-0.25, -0.2) is 0 Å². The minimum absolute atomic E-state index is 0.165. The maximum Gasteiger partial charge on any atom is 0.236 e. The number of amides is 1. The second-order valence-electron chi connectivity index (χ2n) is 7.52. The van der Waals surface area contributed by atoms with Crippen LogP contribution < -0.4 is 5.32 Å². The van der Waals surface area contributed by atoms with Crippen molar-refractivity contribution >= 4 is 11.5 Å². The number of piperazine rings is 1. The number of nitrogens with zero attached hydrogens (tertiary/aromatic N) is 3. The number of nitriles is 1. The van der Waals surface area contributed by atoms with Gasteiger partial charge in [-0.15, -0.1) is 0 Å². The Kier molecular flexibility index (Phi) is 7.59. The Morgan fingerprint density at radius 1 is 1.24 bits per heavy atom. The highest BCUT2D eigenvalue weighted by atomic mass is 16.5. The van der Waals surface area contributed by atoms with Crippen LogP contribution >= 0.6 is 0 Å². The van der Waals surface area contributed by atoms with Crippen molar-refractivity contribution in [3.05, 3.63) is 54.1 Å². The van der Waals surface area contributed by atoms with Gasteiger partial charge in [0.25, 0.3) is 0 Å². The van der Waals surface area contributed by atoms with E-state index in [4.69, 9.17) is 4.74 Å². The van der Waals surface area contributed by atoms with Crippen LogP contribution in [0.5, 0.6) is 0 Å².